The van der Waals surface area contributed by atoms with Gasteiger partial charge in [0, 0.05) is 0 Å². The summed E-state index contributed by atoms with van der Waals surface area (Å²) in [5.74, 6) is 0. The molecule has 0 amide bonds. The zero-order valence-electron chi connectivity index (χ0n) is 15.8. The first-order valence-electron chi connectivity index (χ1n) is 7.99. The van der Waals surface area contributed by atoms with E-state index in [2.05, 4.69) is 38.7 Å². The van der Waals surface area contributed by atoms with Gasteiger partial charge in [-0.15, -0.1) is 0 Å². The van der Waals surface area contributed by atoms with Crippen molar-refractivity contribution in [3.63, 3.8) is 0 Å². The van der Waals surface area contributed by atoms with Crippen LogP contribution in [0.2, 0.25) is 0 Å². The van der Waals surface area contributed by atoms with E-state index >= 15 is 0 Å². The zero-order valence-corrected chi connectivity index (χ0v) is 19.1. The molecule has 1 unspecified atom stereocenters. The molecule has 2 N–H and O–H groups in total. The second-order valence-corrected chi connectivity index (χ2v) is 7.92. The number of anilines is 2. The normalized spacial score (nSPS) is 17.9. The summed E-state index contributed by atoms with van der Waals surface area (Å²) in [5, 5.41) is 6.49. The number of aliphatic imine (C=N–C) groups is 1. The van der Waals surface area contributed by atoms with Crippen LogP contribution >= 0.6 is 24.4 Å². The predicted molar refractivity (Wildman–Crippen MR) is 118 cm³/mol. The summed E-state index contributed by atoms with van der Waals surface area (Å²) in [4.78, 5) is 10.5. The Morgan fingerprint density at radius 2 is 1.88 bits per heavy atom. The molecule has 1 saturated heterocycles. The number of amidine groups is 1. The van der Waals surface area contributed by atoms with Gasteiger partial charge in [0.25, 0.3) is 0 Å². The topological polar surface area (TPSA) is 49.4 Å². The molecule has 1 aliphatic heterocycles. The van der Waals surface area contributed by atoms with Crippen LogP contribution in [-0.4, -0.2) is 87.2 Å². The average molecular weight is 458 g/mol. The predicted octanol–water partition coefficient (Wildman–Crippen LogP) is 1.55. The van der Waals surface area contributed by atoms with Gasteiger partial charge >= 0.3 is 174 Å². The molecular formula is C16H24N7S2Se. The van der Waals surface area contributed by atoms with E-state index in [1.807, 2.05) is 73.1 Å². The SMILES string of the molecule is CC1N(C)NC(=S)N1c1cc(N=C([Se])N(C)C)cc(NC(=S)N(C)C)c1. The van der Waals surface area contributed by atoms with Gasteiger partial charge in [0.1, 0.15) is 0 Å². The zero-order chi connectivity index (χ0) is 19.6. The Labute approximate surface area is 174 Å². The van der Waals surface area contributed by atoms with Crippen molar-refractivity contribution in [1.29, 1.82) is 0 Å². The van der Waals surface area contributed by atoms with E-state index in [9.17, 15) is 0 Å². The van der Waals surface area contributed by atoms with E-state index in [1.165, 1.54) is 0 Å². The molecule has 0 saturated carbocycles. The first-order chi connectivity index (χ1) is 12.1. The molecule has 0 spiro atoms. The van der Waals surface area contributed by atoms with Gasteiger partial charge in [0.15, 0.2) is 0 Å². The van der Waals surface area contributed by atoms with Crippen molar-refractivity contribution in [2.75, 3.05) is 45.5 Å². The third kappa shape index (κ3) is 4.83. The fraction of sp³-hybridized carbons (Fsp3) is 0.438. The molecule has 26 heavy (non-hydrogen) atoms. The van der Waals surface area contributed by atoms with Crippen molar-refractivity contribution >= 4 is 72.5 Å². The van der Waals surface area contributed by atoms with E-state index in [4.69, 9.17) is 24.4 Å². The molecule has 1 radical (unpaired) electrons. The fourth-order valence-corrected chi connectivity index (χ4v) is 3.03. The van der Waals surface area contributed by atoms with Gasteiger partial charge < -0.3 is 0 Å². The molecule has 1 aromatic carbocycles. The van der Waals surface area contributed by atoms with Crippen molar-refractivity contribution in [3.05, 3.63) is 18.2 Å². The molecule has 1 aromatic rings. The summed E-state index contributed by atoms with van der Waals surface area (Å²) < 4.78 is 0.788. The van der Waals surface area contributed by atoms with Crippen molar-refractivity contribution in [1.82, 2.24) is 20.2 Å². The average Bonchev–Trinajstić information content (AvgIpc) is 2.79. The van der Waals surface area contributed by atoms with E-state index in [0.29, 0.717) is 10.2 Å². The van der Waals surface area contributed by atoms with E-state index < -0.39 is 0 Å². The summed E-state index contributed by atoms with van der Waals surface area (Å²) >= 11 is 13.8. The van der Waals surface area contributed by atoms with Gasteiger partial charge in [-0.05, 0) is 0 Å². The molecule has 0 aliphatic carbocycles. The number of nitrogens with one attached hydrogen (secondary N) is 2. The second kappa shape index (κ2) is 8.49. The number of hydrogen-bond acceptors (Lipinski definition) is 4. The fourth-order valence-electron chi connectivity index (χ4n) is 2.29. The Morgan fingerprint density at radius 1 is 1.23 bits per heavy atom. The maximum atomic E-state index is 5.49. The second-order valence-electron chi connectivity index (χ2n) is 6.38. The summed E-state index contributed by atoms with van der Waals surface area (Å²) in [5.41, 5.74) is 5.76. The Morgan fingerprint density at radius 3 is 2.38 bits per heavy atom. The Kier molecular flexibility index (Phi) is 6.81. The third-order valence-electron chi connectivity index (χ3n) is 3.87. The first kappa shape index (κ1) is 20.9. The molecule has 1 fully saturated rings. The van der Waals surface area contributed by atoms with Crippen molar-refractivity contribution in [3.8, 4) is 0 Å². The van der Waals surface area contributed by atoms with E-state index in [1.54, 1.807) is 0 Å². The van der Waals surface area contributed by atoms with Crippen molar-refractivity contribution in [2.45, 2.75) is 13.1 Å². The molecule has 0 aromatic heterocycles. The number of rotatable bonds is 3. The molecule has 2 rings (SSSR count). The van der Waals surface area contributed by atoms with Crippen LogP contribution in [0.25, 0.3) is 0 Å². The van der Waals surface area contributed by atoms with Gasteiger partial charge in [-0.1, -0.05) is 0 Å². The number of benzene rings is 1. The number of hydrogen-bond donors (Lipinski definition) is 2. The molecule has 10 heteroatoms. The quantitative estimate of drug-likeness (QED) is 0.307. The summed E-state index contributed by atoms with van der Waals surface area (Å²) in [6, 6.07) is 5.99. The number of nitrogens with zero attached hydrogens (tertiary/aromatic N) is 5. The van der Waals surface area contributed by atoms with Gasteiger partial charge in [-0.2, -0.15) is 0 Å². The molecule has 1 atom stereocenters. The van der Waals surface area contributed by atoms with Gasteiger partial charge in [-0.25, -0.2) is 0 Å². The van der Waals surface area contributed by atoms with E-state index in [-0.39, 0.29) is 6.17 Å². The molecule has 0 bridgehead atoms. The van der Waals surface area contributed by atoms with Gasteiger partial charge in [0.2, 0.25) is 0 Å². The van der Waals surface area contributed by atoms with Crippen LogP contribution in [-0.2, 0) is 0 Å². The van der Waals surface area contributed by atoms with E-state index in [0.717, 1.165) is 21.8 Å². The van der Waals surface area contributed by atoms with Crippen LogP contribution in [0, 0.1) is 0 Å². The van der Waals surface area contributed by atoms with Gasteiger partial charge in [-0.3, -0.25) is 0 Å². The van der Waals surface area contributed by atoms with Crippen LogP contribution < -0.4 is 15.6 Å². The van der Waals surface area contributed by atoms with Crippen LogP contribution in [0.15, 0.2) is 23.2 Å². The Hall–Kier alpha value is -1.45. The standard InChI is InChI=1S/C16H24N7S2Se/c1-10-22(6)19-15(25)23(10)13-8-11(17-14(24)20(2)3)7-12(9-13)18-16(26)21(4)5/h7-10H,1-6H3,(H,17,24)(H,19,25). The Bertz CT molecular complexity index is 735. The van der Waals surface area contributed by atoms with Crippen molar-refractivity contribution in [2.24, 2.45) is 4.99 Å². The Balaban J connectivity index is 2.48. The monoisotopic (exact) mass is 458 g/mol. The minimum atomic E-state index is 0.0805. The van der Waals surface area contributed by atoms with Crippen LogP contribution in [0.4, 0.5) is 17.1 Å². The molecule has 7 nitrogen and oxygen atoms in total. The minimum absolute atomic E-state index is 0.0805. The van der Waals surface area contributed by atoms with Crippen LogP contribution in [0.5, 0.6) is 0 Å². The van der Waals surface area contributed by atoms with Crippen LogP contribution in [0.1, 0.15) is 6.92 Å². The summed E-state index contributed by atoms with van der Waals surface area (Å²) in [6.07, 6.45) is 0.0805. The number of thiocarbonyl (C=S) groups is 2. The summed E-state index contributed by atoms with van der Waals surface area (Å²) in [6.45, 7) is 2.08. The van der Waals surface area contributed by atoms with Gasteiger partial charge in [0.05, 0.1) is 0 Å². The third-order valence-corrected chi connectivity index (χ3v) is 5.58. The molecule has 141 valence electrons. The molecule has 1 aliphatic rings. The first-order valence-corrected chi connectivity index (χ1v) is 9.66. The van der Waals surface area contributed by atoms with Crippen LogP contribution in [0.3, 0.4) is 0 Å². The molecule has 1 heterocycles. The summed E-state index contributed by atoms with van der Waals surface area (Å²) in [7, 11) is 9.65. The maximum absolute atomic E-state index is 5.49. The number of hydrazine groups is 1. The molecular weight excluding hydrogens is 433 g/mol. The van der Waals surface area contributed by atoms with Crippen molar-refractivity contribution < 1.29 is 0 Å².